The summed E-state index contributed by atoms with van der Waals surface area (Å²) in [6.45, 7) is 8.40. The first-order chi connectivity index (χ1) is 10.2. The molecule has 1 N–H and O–H groups in total. The summed E-state index contributed by atoms with van der Waals surface area (Å²) < 4.78 is 18.8. The van der Waals surface area contributed by atoms with Gasteiger partial charge in [0.1, 0.15) is 0 Å². The quantitative estimate of drug-likeness (QED) is 0.784. The van der Waals surface area contributed by atoms with Crippen molar-refractivity contribution in [1.82, 2.24) is 5.32 Å². The Labute approximate surface area is 133 Å². The van der Waals surface area contributed by atoms with Gasteiger partial charge in [-0.15, -0.1) is 0 Å². The van der Waals surface area contributed by atoms with Gasteiger partial charge in [-0.25, -0.2) is 0 Å². The molecule has 124 valence electrons. The number of hydrogen-bond donors (Lipinski definition) is 1. The molecule has 0 aromatic carbocycles. The lowest BCUT2D eigenvalue weighted by Crippen LogP contribution is -2.49. The van der Waals surface area contributed by atoms with Gasteiger partial charge < -0.3 is 10.1 Å². The predicted molar refractivity (Wildman–Crippen MR) is 90.1 cm³/mol. The van der Waals surface area contributed by atoms with Crippen molar-refractivity contribution in [2.75, 3.05) is 13.2 Å². The molecule has 0 aromatic rings. The second-order valence-electron chi connectivity index (χ2n) is 6.80. The molecule has 0 aromatic heterocycles. The van der Waals surface area contributed by atoms with E-state index >= 15 is 0 Å². The highest BCUT2D eigenvalue weighted by Gasteiger charge is 2.40. The third-order valence-corrected chi connectivity index (χ3v) is 7.49. The minimum atomic E-state index is -0.757. The minimum Gasteiger partial charge on any atom is -0.377 e. The minimum absolute atomic E-state index is 0.171. The zero-order chi connectivity index (χ0) is 15.2. The summed E-state index contributed by atoms with van der Waals surface area (Å²) >= 11 is 0. The van der Waals surface area contributed by atoms with E-state index in [0.29, 0.717) is 11.3 Å². The van der Waals surface area contributed by atoms with Crippen LogP contribution in [0.3, 0.4) is 0 Å². The second kappa shape index (κ2) is 8.64. The Morgan fingerprint density at radius 3 is 2.57 bits per heavy atom. The van der Waals surface area contributed by atoms with E-state index in [9.17, 15) is 4.21 Å². The van der Waals surface area contributed by atoms with E-state index in [2.05, 4.69) is 26.1 Å². The molecule has 0 spiro atoms. The Balaban J connectivity index is 2.02. The van der Waals surface area contributed by atoms with Crippen LogP contribution in [0.1, 0.15) is 65.7 Å². The predicted octanol–water partition coefficient (Wildman–Crippen LogP) is 3.25. The summed E-state index contributed by atoms with van der Waals surface area (Å²) in [6.07, 6.45) is 8.49. The molecule has 1 saturated carbocycles. The second-order valence-corrected chi connectivity index (χ2v) is 8.67. The maximum Gasteiger partial charge on any atom is 0.0691 e. The molecular weight excluding hydrogens is 282 g/mol. The lowest BCUT2D eigenvalue weighted by atomic mass is 9.83. The number of nitrogens with one attached hydrogen (secondary N) is 1. The zero-order valence-corrected chi connectivity index (χ0v) is 14.8. The molecule has 0 bridgehead atoms. The van der Waals surface area contributed by atoms with Gasteiger partial charge in [-0.1, -0.05) is 26.7 Å². The largest absolute Gasteiger partial charge is 0.377 e. The monoisotopic (exact) mass is 315 g/mol. The molecule has 1 aliphatic heterocycles. The molecule has 21 heavy (non-hydrogen) atoms. The first kappa shape index (κ1) is 17.4. The maximum absolute atomic E-state index is 13.1. The average molecular weight is 316 g/mol. The molecule has 2 fully saturated rings. The van der Waals surface area contributed by atoms with Crippen molar-refractivity contribution in [1.29, 1.82) is 0 Å². The third-order valence-electron chi connectivity index (χ3n) is 5.16. The van der Waals surface area contributed by atoms with Crippen LogP contribution < -0.4 is 5.32 Å². The highest BCUT2D eigenvalue weighted by Crippen LogP contribution is 2.34. The van der Waals surface area contributed by atoms with Crippen molar-refractivity contribution in [3.8, 4) is 0 Å². The van der Waals surface area contributed by atoms with E-state index < -0.39 is 10.8 Å². The summed E-state index contributed by atoms with van der Waals surface area (Å²) in [4.78, 5) is 0. The fourth-order valence-corrected chi connectivity index (χ4v) is 6.20. The molecule has 2 rings (SSSR count). The van der Waals surface area contributed by atoms with Gasteiger partial charge >= 0.3 is 0 Å². The van der Waals surface area contributed by atoms with Gasteiger partial charge in [0.2, 0.25) is 0 Å². The molecule has 0 radical (unpaired) electrons. The van der Waals surface area contributed by atoms with Gasteiger partial charge in [0.15, 0.2) is 0 Å². The SMILES string of the molecule is CCCNC1CCC(CCC)CC1S(=O)C1CCOC1C. The van der Waals surface area contributed by atoms with Crippen LogP contribution >= 0.6 is 0 Å². The van der Waals surface area contributed by atoms with Gasteiger partial charge in [0, 0.05) is 23.4 Å². The molecule has 6 atom stereocenters. The van der Waals surface area contributed by atoms with Crippen molar-refractivity contribution >= 4 is 10.8 Å². The van der Waals surface area contributed by atoms with E-state index in [4.69, 9.17) is 4.74 Å². The van der Waals surface area contributed by atoms with Gasteiger partial charge in [0.25, 0.3) is 0 Å². The molecule has 1 saturated heterocycles. The zero-order valence-electron chi connectivity index (χ0n) is 14.0. The summed E-state index contributed by atoms with van der Waals surface area (Å²) in [5.41, 5.74) is 0. The molecule has 1 aliphatic carbocycles. The Hall–Kier alpha value is 0.0700. The summed E-state index contributed by atoms with van der Waals surface area (Å²) in [5.74, 6) is 0.779. The van der Waals surface area contributed by atoms with Crippen LogP contribution in [0.5, 0.6) is 0 Å². The first-order valence-corrected chi connectivity index (χ1v) is 10.2. The third kappa shape index (κ3) is 4.52. The molecule has 1 heterocycles. The molecule has 4 heteroatoms. The lowest BCUT2D eigenvalue weighted by Gasteiger charge is -2.37. The van der Waals surface area contributed by atoms with E-state index in [1.807, 2.05) is 0 Å². The Morgan fingerprint density at radius 2 is 1.95 bits per heavy atom. The lowest BCUT2D eigenvalue weighted by molar-refractivity contribution is 0.126. The molecule has 0 amide bonds. The first-order valence-electron chi connectivity index (χ1n) is 8.91. The Bertz CT molecular complexity index is 337. The van der Waals surface area contributed by atoms with Crippen molar-refractivity contribution in [2.24, 2.45) is 5.92 Å². The van der Waals surface area contributed by atoms with E-state index in [-0.39, 0.29) is 11.4 Å². The highest BCUT2D eigenvalue weighted by atomic mass is 32.2. The van der Waals surface area contributed by atoms with E-state index in [0.717, 1.165) is 38.3 Å². The molecule has 6 unspecified atom stereocenters. The van der Waals surface area contributed by atoms with Crippen molar-refractivity contribution in [3.63, 3.8) is 0 Å². The molecule has 2 aliphatic rings. The van der Waals surface area contributed by atoms with Gasteiger partial charge in [0.05, 0.1) is 16.6 Å². The van der Waals surface area contributed by atoms with Crippen LogP contribution in [0.25, 0.3) is 0 Å². The Morgan fingerprint density at radius 1 is 1.14 bits per heavy atom. The fourth-order valence-electron chi connectivity index (χ4n) is 3.94. The van der Waals surface area contributed by atoms with Crippen LogP contribution in [0.15, 0.2) is 0 Å². The number of hydrogen-bond acceptors (Lipinski definition) is 3. The number of rotatable bonds is 7. The Kier molecular flexibility index (Phi) is 7.17. The van der Waals surface area contributed by atoms with E-state index in [1.54, 1.807) is 0 Å². The molecule has 3 nitrogen and oxygen atoms in total. The average Bonchev–Trinajstić information content (AvgIpc) is 2.91. The van der Waals surface area contributed by atoms with Crippen LogP contribution in [0.4, 0.5) is 0 Å². The van der Waals surface area contributed by atoms with Gasteiger partial charge in [-0.05, 0) is 51.5 Å². The van der Waals surface area contributed by atoms with Crippen molar-refractivity contribution in [3.05, 3.63) is 0 Å². The normalized spacial score (nSPS) is 38.5. The summed E-state index contributed by atoms with van der Waals surface area (Å²) in [6, 6.07) is 0.451. The van der Waals surface area contributed by atoms with Crippen LogP contribution in [-0.2, 0) is 15.5 Å². The van der Waals surface area contributed by atoms with Gasteiger partial charge in [-0.3, -0.25) is 4.21 Å². The summed E-state index contributed by atoms with van der Waals surface area (Å²) in [7, 11) is -0.757. The van der Waals surface area contributed by atoms with Crippen LogP contribution in [0.2, 0.25) is 0 Å². The van der Waals surface area contributed by atoms with Gasteiger partial charge in [-0.2, -0.15) is 0 Å². The maximum atomic E-state index is 13.1. The topological polar surface area (TPSA) is 38.3 Å². The standard InChI is InChI=1S/C17H33NO2S/c1-4-6-14-7-8-15(18-10-5-2)17(12-14)21(19)16-9-11-20-13(16)3/h13-18H,4-12H2,1-3H3. The van der Waals surface area contributed by atoms with Crippen LogP contribution in [0, 0.1) is 5.92 Å². The van der Waals surface area contributed by atoms with Crippen LogP contribution in [-0.4, -0.2) is 40.0 Å². The van der Waals surface area contributed by atoms with Crippen molar-refractivity contribution in [2.45, 2.75) is 88.4 Å². The molecular formula is C17H33NO2S. The fraction of sp³-hybridized carbons (Fsp3) is 1.00. The van der Waals surface area contributed by atoms with Crippen molar-refractivity contribution < 1.29 is 8.95 Å². The van der Waals surface area contributed by atoms with E-state index in [1.165, 1.54) is 25.7 Å². The highest BCUT2D eigenvalue weighted by molar-refractivity contribution is 7.86. The summed E-state index contributed by atoms with van der Waals surface area (Å²) in [5, 5.41) is 4.25. The number of ether oxygens (including phenoxy) is 1. The smallest absolute Gasteiger partial charge is 0.0691 e.